The number of fused-ring (bicyclic) bond motifs is 1. The maximum atomic E-state index is 12.1. The smallest absolute Gasteiger partial charge is 0.256 e. The van der Waals surface area contributed by atoms with Crippen LogP contribution in [0.2, 0.25) is 5.02 Å². The van der Waals surface area contributed by atoms with Crippen LogP contribution in [0.25, 0.3) is 22.4 Å². The summed E-state index contributed by atoms with van der Waals surface area (Å²) in [7, 11) is 0. The number of carbonyl (C=O) groups is 1. The van der Waals surface area contributed by atoms with Crippen LogP contribution >= 0.6 is 34.7 Å². The number of para-hydroxylation sites is 2. The van der Waals surface area contributed by atoms with Crippen LogP contribution in [0.3, 0.4) is 0 Å². The zero-order valence-corrected chi connectivity index (χ0v) is 16.4. The van der Waals surface area contributed by atoms with Gasteiger partial charge < -0.3 is 9.73 Å². The van der Waals surface area contributed by atoms with Gasteiger partial charge in [-0.25, -0.2) is 9.97 Å². The third kappa shape index (κ3) is 4.50. The van der Waals surface area contributed by atoms with Crippen LogP contribution in [0.4, 0.5) is 5.13 Å². The zero-order valence-electron chi connectivity index (χ0n) is 14.0. The zero-order chi connectivity index (χ0) is 18.6. The number of thioether (sulfide) groups is 1. The van der Waals surface area contributed by atoms with Gasteiger partial charge in [-0.2, -0.15) is 0 Å². The number of hydrogen-bond acceptors (Lipinski definition) is 6. The third-order valence-corrected chi connectivity index (χ3v) is 5.56. The van der Waals surface area contributed by atoms with Crippen LogP contribution in [0.15, 0.2) is 63.6 Å². The number of benzene rings is 2. The summed E-state index contributed by atoms with van der Waals surface area (Å²) < 4.78 is 5.63. The molecule has 0 saturated heterocycles. The molecule has 4 rings (SSSR count). The first-order chi connectivity index (χ1) is 13.2. The fraction of sp³-hybridized carbons (Fsp3) is 0.105. The van der Waals surface area contributed by atoms with Gasteiger partial charge in [0.2, 0.25) is 5.91 Å². The molecule has 1 N–H and O–H groups in total. The Labute approximate surface area is 168 Å². The number of oxazole rings is 1. The molecule has 0 aliphatic heterocycles. The molecule has 0 fully saturated rings. The Bertz CT molecular complexity index is 1040. The SMILES string of the molecule is O=C(CCSc1nc2ccccc2o1)Nc1nc(-c2ccc(Cl)cc2)cs1. The van der Waals surface area contributed by atoms with Gasteiger partial charge in [0.25, 0.3) is 5.22 Å². The highest BCUT2D eigenvalue weighted by Gasteiger charge is 2.10. The van der Waals surface area contributed by atoms with Gasteiger partial charge in [0.05, 0.1) is 5.69 Å². The van der Waals surface area contributed by atoms with E-state index in [-0.39, 0.29) is 5.91 Å². The summed E-state index contributed by atoms with van der Waals surface area (Å²) in [4.78, 5) is 21.0. The Hall–Kier alpha value is -2.35. The van der Waals surface area contributed by atoms with E-state index >= 15 is 0 Å². The molecule has 27 heavy (non-hydrogen) atoms. The minimum absolute atomic E-state index is 0.0874. The van der Waals surface area contributed by atoms with E-state index in [1.165, 1.54) is 23.1 Å². The van der Waals surface area contributed by atoms with Gasteiger partial charge in [-0.3, -0.25) is 4.79 Å². The van der Waals surface area contributed by atoms with Crippen LogP contribution in [0.1, 0.15) is 6.42 Å². The average Bonchev–Trinajstić information content (AvgIpc) is 3.29. The van der Waals surface area contributed by atoms with Crippen LogP contribution in [-0.4, -0.2) is 21.6 Å². The van der Waals surface area contributed by atoms with Gasteiger partial charge in [0.15, 0.2) is 10.7 Å². The predicted octanol–water partition coefficient (Wildman–Crippen LogP) is 5.73. The Morgan fingerprint density at radius 2 is 1.96 bits per heavy atom. The first kappa shape index (κ1) is 18.0. The lowest BCUT2D eigenvalue weighted by Gasteiger charge is -2.00. The van der Waals surface area contributed by atoms with Crippen molar-refractivity contribution in [1.82, 2.24) is 9.97 Å². The summed E-state index contributed by atoms with van der Waals surface area (Å²) in [6.45, 7) is 0. The fourth-order valence-corrected chi connectivity index (χ4v) is 4.05. The minimum Gasteiger partial charge on any atom is -0.431 e. The number of hydrogen-bond donors (Lipinski definition) is 1. The molecule has 0 spiro atoms. The Morgan fingerprint density at radius 3 is 2.78 bits per heavy atom. The number of aromatic nitrogens is 2. The van der Waals surface area contributed by atoms with Crippen LogP contribution in [0.5, 0.6) is 0 Å². The number of nitrogens with one attached hydrogen (secondary N) is 1. The Morgan fingerprint density at radius 1 is 1.15 bits per heavy atom. The molecule has 0 radical (unpaired) electrons. The summed E-state index contributed by atoms with van der Waals surface area (Å²) in [6, 6.07) is 15.0. The molecule has 4 aromatic rings. The van der Waals surface area contributed by atoms with Crippen molar-refractivity contribution in [2.45, 2.75) is 11.6 Å². The van der Waals surface area contributed by atoms with Crippen molar-refractivity contribution < 1.29 is 9.21 Å². The summed E-state index contributed by atoms with van der Waals surface area (Å²) in [5.41, 5.74) is 3.35. The molecule has 136 valence electrons. The third-order valence-electron chi connectivity index (χ3n) is 3.72. The predicted molar refractivity (Wildman–Crippen MR) is 111 cm³/mol. The molecule has 1 amide bonds. The van der Waals surface area contributed by atoms with E-state index in [9.17, 15) is 4.79 Å². The largest absolute Gasteiger partial charge is 0.431 e. The van der Waals surface area contributed by atoms with Crippen molar-refractivity contribution in [3.63, 3.8) is 0 Å². The van der Waals surface area contributed by atoms with Crippen molar-refractivity contribution in [3.05, 3.63) is 58.9 Å². The van der Waals surface area contributed by atoms with Gasteiger partial charge in [-0.15, -0.1) is 11.3 Å². The average molecular weight is 416 g/mol. The van der Waals surface area contributed by atoms with E-state index in [1.807, 2.05) is 53.9 Å². The molecule has 2 aromatic carbocycles. The second-order valence-corrected chi connectivity index (χ2v) is 7.98. The topological polar surface area (TPSA) is 68.0 Å². The lowest BCUT2D eigenvalue weighted by molar-refractivity contribution is -0.115. The van der Waals surface area contributed by atoms with Crippen molar-refractivity contribution >= 4 is 56.8 Å². The van der Waals surface area contributed by atoms with Crippen LogP contribution in [-0.2, 0) is 4.79 Å². The molecule has 0 saturated carbocycles. The van der Waals surface area contributed by atoms with Gasteiger partial charge in [-0.1, -0.05) is 47.6 Å². The first-order valence-electron chi connectivity index (χ1n) is 8.17. The number of amides is 1. The fourth-order valence-electron chi connectivity index (χ4n) is 2.41. The molecule has 8 heteroatoms. The van der Waals surface area contributed by atoms with Crippen LogP contribution in [0, 0.1) is 0 Å². The van der Waals surface area contributed by atoms with Crippen molar-refractivity contribution in [3.8, 4) is 11.3 Å². The normalized spacial score (nSPS) is 11.0. The lowest BCUT2D eigenvalue weighted by atomic mass is 10.2. The number of halogens is 1. The molecular formula is C19H14ClN3O2S2. The van der Waals surface area contributed by atoms with Crippen molar-refractivity contribution in [2.24, 2.45) is 0 Å². The molecular weight excluding hydrogens is 402 g/mol. The number of nitrogens with zero attached hydrogens (tertiary/aromatic N) is 2. The highest BCUT2D eigenvalue weighted by molar-refractivity contribution is 7.99. The second-order valence-electron chi connectivity index (χ2n) is 5.64. The maximum absolute atomic E-state index is 12.1. The summed E-state index contributed by atoms with van der Waals surface area (Å²) in [5, 5.41) is 6.58. The highest BCUT2D eigenvalue weighted by Crippen LogP contribution is 2.27. The van der Waals surface area contributed by atoms with E-state index in [0.717, 1.165) is 22.4 Å². The molecule has 0 atom stereocenters. The second kappa shape index (κ2) is 8.12. The minimum atomic E-state index is -0.0874. The van der Waals surface area contributed by atoms with E-state index < -0.39 is 0 Å². The van der Waals surface area contributed by atoms with E-state index in [1.54, 1.807) is 0 Å². The Balaban J connectivity index is 1.30. The van der Waals surface area contributed by atoms with Gasteiger partial charge >= 0.3 is 0 Å². The van der Waals surface area contributed by atoms with E-state index in [0.29, 0.717) is 27.6 Å². The Kier molecular flexibility index (Phi) is 5.42. The van der Waals surface area contributed by atoms with E-state index in [4.69, 9.17) is 16.0 Å². The first-order valence-corrected chi connectivity index (χ1v) is 10.4. The monoisotopic (exact) mass is 415 g/mol. The highest BCUT2D eigenvalue weighted by atomic mass is 35.5. The summed E-state index contributed by atoms with van der Waals surface area (Å²) in [6.07, 6.45) is 0.346. The molecule has 0 bridgehead atoms. The quantitative estimate of drug-likeness (QED) is 0.407. The lowest BCUT2D eigenvalue weighted by Crippen LogP contribution is -2.11. The van der Waals surface area contributed by atoms with Gasteiger partial charge in [0, 0.05) is 28.1 Å². The van der Waals surface area contributed by atoms with Gasteiger partial charge in [-0.05, 0) is 24.3 Å². The number of rotatable bonds is 6. The molecule has 2 heterocycles. The van der Waals surface area contributed by atoms with Gasteiger partial charge in [0.1, 0.15) is 5.52 Å². The summed E-state index contributed by atoms with van der Waals surface area (Å²) in [5.74, 6) is 0.490. The maximum Gasteiger partial charge on any atom is 0.256 e. The molecule has 0 unspecified atom stereocenters. The molecule has 5 nitrogen and oxygen atoms in total. The molecule has 0 aliphatic carbocycles. The van der Waals surface area contributed by atoms with Crippen molar-refractivity contribution in [1.29, 1.82) is 0 Å². The standard InChI is InChI=1S/C19H14ClN3O2S2/c20-13-7-5-12(6-8-13)15-11-27-18(21-15)23-17(24)9-10-26-19-22-14-3-1-2-4-16(14)25-19/h1-8,11H,9-10H2,(H,21,23,24). The van der Waals surface area contributed by atoms with Crippen molar-refractivity contribution in [2.75, 3.05) is 11.1 Å². The number of carbonyl (C=O) groups excluding carboxylic acids is 1. The summed E-state index contributed by atoms with van der Waals surface area (Å²) >= 11 is 8.72. The molecule has 2 aromatic heterocycles. The van der Waals surface area contributed by atoms with Crippen LogP contribution < -0.4 is 5.32 Å². The van der Waals surface area contributed by atoms with E-state index in [2.05, 4.69) is 15.3 Å². The molecule has 0 aliphatic rings. The number of anilines is 1. The number of thiazole rings is 1.